The predicted molar refractivity (Wildman–Crippen MR) is 70.4 cm³/mol. The minimum Gasteiger partial charge on any atom is -0.395 e. The minimum absolute atomic E-state index is 0.00195. The van der Waals surface area contributed by atoms with Gasteiger partial charge in [-0.05, 0) is 44.7 Å². The largest absolute Gasteiger partial charge is 0.433 e. The van der Waals surface area contributed by atoms with E-state index in [-0.39, 0.29) is 23.2 Å². The number of piperidine rings is 1. The van der Waals surface area contributed by atoms with Crippen LogP contribution in [0.4, 0.5) is 5.88 Å². The zero-order valence-electron chi connectivity index (χ0n) is 11.1. The summed E-state index contributed by atoms with van der Waals surface area (Å²) in [5, 5.41) is 17.0. The summed E-state index contributed by atoms with van der Waals surface area (Å²) >= 11 is 0. The minimum atomic E-state index is -0.648. The number of rotatable bonds is 3. The molecule has 0 radical (unpaired) electrons. The topological polar surface area (TPSA) is 97.4 Å². The van der Waals surface area contributed by atoms with E-state index >= 15 is 0 Å². The summed E-state index contributed by atoms with van der Waals surface area (Å²) in [5.41, 5.74) is 0.200. The summed E-state index contributed by atoms with van der Waals surface area (Å²) < 4.78 is 4.91. The molecule has 0 bridgehead atoms. The van der Waals surface area contributed by atoms with Gasteiger partial charge in [0.2, 0.25) is 0 Å². The van der Waals surface area contributed by atoms with Crippen LogP contribution < -0.4 is 10.6 Å². The van der Waals surface area contributed by atoms with Crippen molar-refractivity contribution in [1.29, 1.82) is 0 Å². The highest BCUT2D eigenvalue weighted by molar-refractivity contribution is 5.91. The third kappa shape index (κ3) is 2.40. The molecule has 1 amide bonds. The zero-order chi connectivity index (χ0) is 14.2. The first kappa shape index (κ1) is 13.1. The standard InChI is InChI=1S/C13H17N3O4/c17-12(10-2-3-11(20-10)16(18)19)15-9-4-7-14-13(8-9)5-1-6-13/h2-3,9,14H,1,4-8H2,(H,15,17). The molecule has 20 heavy (non-hydrogen) atoms. The summed E-state index contributed by atoms with van der Waals surface area (Å²) in [6.45, 7) is 0.892. The lowest BCUT2D eigenvalue weighted by Crippen LogP contribution is -2.59. The molecule has 1 saturated heterocycles. The van der Waals surface area contributed by atoms with Gasteiger partial charge in [0, 0.05) is 11.6 Å². The van der Waals surface area contributed by atoms with Gasteiger partial charge in [0.15, 0.2) is 5.76 Å². The molecular weight excluding hydrogens is 262 g/mol. The van der Waals surface area contributed by atoms with Gasteiger partial charge in [-0.1, -0.05) is 0 Å². The first-order valence-electron chi connectivity index (χ1n) is 6.88. The molecule has 3 rings (SSSR count). The summed E-state index contributed by atoms with van der Waals surface area (Å²) in [7, 11) is 0. The highest BCUT2D eigenvalue weighted by Crippen LogP contribution is 2.38. The van der Waals surface area contributed by atoms with Gasteiger partial charge in [-0.2, -0.15) is 0 Å². The fraction of sp³-hybridized carbons (Fsp3) is 0.615. The van der Waals surface area contributed by atoms with Crippen molar-refractivity contribution in [3.05, 3.63) is 28.0 Å². The maximum Gasteiger partial charge on any atom is 0.433 e. The Hall–Kier alpha value is -1.89. The van der Waals surface area contributed by atoms with Crippen LogP contribution >= 0.6 is 0 Å². The normalized spacial score (nSPS) is 24.1. The van der Waals surface area contributed by atoms with E-state index in [0.29, 0.717) is 0 Å². The van der Waals surface area contributed by atoms with Gasteiger partial charge >= 0.3 is 5.88 Å². The number of nitrogens with one attached hydrogen (secondary N) is 2. The summed E-state index contributed by atoms with van der Waals surface area (Å²) in [4.78, 5) is 21.9. The molecule has 1 unspecified atom stereocenters. The highest BCUT2D eigenvalue weighted by atomic mass is 16.6. The molecular formula is C13H17N3O4. The third-order valence-electron chi connectivity index (χ3n) is 4.27. The lowest BCUT2D eigenvalue weighted by molar-refractivity contribution is -0.402. The van der Waals surface area contributed by atoms with Gasteiger partial charge in [-0.15, -0.1) is 0 Å². The Balaban J connectivity index is 1.61. The molecule has 1 aromatic rings. The average molecular weight is 279 g/mol. The van der Waals surface area contributed by atoms with E-state index in [0.717, 1.165) is 32.2 Å². The van der Waals surface area contributed by atoms with Crippen molar-refractivity contribution in [3.8, 4) is 0 Å². The van der Waals surface area contributed by atoms with E-state index in [1.807, 2.05) is 0 Å². The van der Waals surface area contributed by atoms with E-state index in [1.165, 1.54) is 18.6 Å². The fourth-order valence-corrected chi connectivity index (χ4v) is 3.07. The van der Waals surface area contributed by atoms with E-state index in [1.54, 1.807) is 0 Å². The number of furan rings is 1. The third-order valence-corrected chi connectivity index (χ3v) is 4.27. The molecule has 108 valence electrons. The number of carbonyl (C=O) groups is 1. The molecule has 1 spiro atoms. The van der Waals surface area contributed by atoms with Gasteiger partial charge in [-0.3, -0.25) is 14.9 Å². The number of nitro groups is 1. The predicted octanol–water partition coefficient (Wildman–Crippen LogP) is 1.59. The Morgan fingerprint density at radius 3 is 2.90 bits per heavy atom. The van der Waals surface area contributed by atoms with E-state index < -0.39 is 10.8 Å². The van der Waals surface area contributed by atoms with Crippen molar-refractivity contribution in [2.45, 2.75) is 43.7 Å². The van der Waals surface area contributed by atoms with Crippen LogP contribution in [-0.4, -0.2) is 29.0 Å². The second-order valence-electron chi connectivity index (χ2n) is 5.62. The lowest BCUT2D eigenvalue weighted by atomic mass is 9.70. The van der Waals surface area contributed by atoms with E-state index in [4.69, 9.17) is 4.42 Å². The Kier molecular flexibility index (Phi) is 3.21. The monoisotopic (exact) mass is 279 g/mol. The molecule has 1 saturated carbocycles. The molecule has 7 nitrogen and oxygen atoms in total. The van der Waals surface area contributed by atoms with E-state index in [2.05, 4.69) is 10.6 Å². The number of hydrogen-bond acceptors (Lipinski definition) is 5. The smallest absolute Gasteiger partial charge is 0.395 e. The number of carbonyl (C=O) groups excluding carboxylic acids is 1. The number of hydrogen-bond donors (Lipinski definition) is 2. The van der Waals surface area contributed by atoms with Crippen LogP contribution in [0.15, 0.2) is 16.5 Å². The fourth-order valence-electron chi connectivity index (χ4n) is 3.07. The molecule has 0 aromatic carbocycles. The van der Waals surface area contributed by atoms with Crippen LogP contribution in [0.2, 0.25) is 0 Å². The lowest BCUT2D eigenvalue weighted by Gasteiger charge is -2.48. The first-order chi connectivity index (χ1) is 9.58. The van der Waals surface area contributed by atoms with Crippen molar-refractivity contribution in [2.75, 3.05) is 6.54 Å². The molecule has 1 atom stereocenters. The number of nitrogens with zero attached hydrogens (tertiary/aromatic N) is 1. The second kappa shape index (κ2) is 4.90. The molecule has 2 aliphatic rings. The Bertz CT molecular complexity index is 535. The van der Waals surface area contributed by atoms with Crippen LogP contribution in [0.5, 0.6) is 0 Å². The van der Waals surface area contributed by atoms with Crippen molar-refractivity contribution in [3.63, 3.8) is 0 Å². The van der Waals surface area contributed by atoms with Gasteiger partial charge in [0.05, 0.1) is 6.07 Å². The van der Waals surface area contributed by atoms with Crippen molar-refractivity contribution in [2.24, 2.45) is 0 Å². The van der Waals surface area contributed by atoms with Gasteiger partial charge < -0.3 is 15.1 Å². The van der Waals surface area contributed by atoms with Crippen LogP contribution in [-0.2, 0) is 0 Å². The summed E-state index contributed by atoms with van der Waals surface area (Å²) in [6.07, 6.45) is 5.34. The SMILES string of the molecule is O=C(NC1CCNC2(CCC2)C1)c1ccc([N+](=O)[O-])o1. The summed E-state index contributed by atoms with van der Waals surface area (Å²) in [5.74, 6) is -0.784. The van der Waals surface area contributed by atoms with Gasteiger partial charge in [-0.25, -0.2) is 0 Å². The summed E-state index contributed by atoms with van der Waals surface area (Å²) in [6, 6.07) is 2.64. The molecule has 1 aromatic heterocycles. The number of amides is 1. The maximum absolute atomic E-state index is 12.0. The van der Waals surface area contributed by atoms with Crippen molar-refractivity contribution >= 4 is 11.8 Å². The van der Waals surface area contributed by atoms with Crippen LogP contribution in [0.1, 0.15) is 42.7 Å². The Morgan fingerprint density at radius 1 is 1.50 bits per heavy atom. The zero-order valence-corrected chi connectivity index (χ0v) is 11.1. The van der Waals surface area contributed by atoms with Crippen molar-refractivity contribution < 1.29 is 14.1 Å². The maximum atomic E-state index is 12.0. The molecule has 1 aliphatic heterocycles. The molecule has 2 heterocycles. The average Bonchev–Trinajstić information content (AvgIpc) is 2.87. The molecule has 1 aliphatic carbocycles. The Morgan fingerprint density at radius 2 is 2.30 bits per heavy atom. The van der Waals surface area contributed by atoms with E-state index in [9.17, 15) is 14.9 Å². The Labute approximate surface area is 115 Å². The molecule has 7 heteroatoms. The molecule has 2 N–H and O–H groups in total. The van der Waals surface area contributed by atoms with Gasteiger partial charge in [0.25, 0.3) is 5.91 Å². The second-order valence-corrected chi connectivity index (χ2v) is 5.62. The van der Waals surface area contributed by atoms with Crippen molar-refractivity contribution in [1.82, 2.24) is 10.6 Å². The van der Waals surface area contributed by atoms with Crippen LogP contribution in [0.3, 0.4) is 0 Å². The highest BCUT2D eigenvalue weighted by Gasteiger charge is 2.41. The van der Waals surface area contributed by atoms with Crippen LogP contribution in [0, 0.1) is 10.1 Å². The first-order valence-corrected chi connectivity index (χ1v) is 6.88. The van der Waals surface area contributed by atoms with Crippen LogP contribution in [0.25, 0.3) is 0 Å². The van der Waals surface area contributed by atoms with Gasteiger partial charge in [0.1, 0.15) is 4.92 Å². The quantitative estimate of drug-likeness (QED) is 0.647. The molecule has 2 fully saturated rings.